The Kier molecular flexibility index (Phi) is 15.4. The first-order chi connectivity index (χ1) is 14.2. The fraction of sp³-hybridized carbons (Fsp3) is 0.818. The number of hydrogen-bond donors (Lipinski definition) is 2. The quantitative estimate of drug-likeness (QED) is 0.268. The van der Waals surface area contributed by atoms with Crippen LogP contribution in [0.2, 0.25) is 0 Å². The van der Waals surface area contributed by atoms with Gasteiger partial charge in [0.2, 0.25) is 0 Å². The van der Waals surface area contributed by atoms with Gasteiger partial charge in [-0.2, -0.15) is 0 Å². The van der Waals surface area contributed by atoms with Crippen LogP contribution in [-0.4, -0.2) is 66.3 Å². The summed E-state index contributed by atoms with van der Waals surface area (Å²) in [5.41, 5.74) is 6.68. The third-order valence-electron chi connectivity index (χ3n) is 4.98. The Morgan fingerprint density at radius 1 is 1.03 bits per heavy atom. The number of rotatable bonds is 19. The minimum atomic E-state index is -0.683. The molecule has 0 fully saturated rings. The normalized spacial score (nSPS) is 12.4. The molecule has 0 spiro atoms. The first kappa shape index (κ1) is 25.6. The summed E-state index contributed by atoms with van der Waals surface area (Å²) in [5, 5.41) is 0. The van der Waals surface area contributed by atoms with E-state index in [0.717, 1.165) is 25.3 Å². The van der Waals surface area contributed by atoms with Crippen LogP contribution in [0.1, 0.15) is 70.9 Å². The summed E-state index contributed by atoms with van der Waals surface area (Å²) >= 11 is 0. The zero-order chi connectivity index (χ0) is 21.2. The summed E-state index contributed by atoms with van der Waals surface area (Å²) < 4.78 is 10.9. The average Bonchev–Trinajstić information content (AvgIpc) is 3.23. The van der Waals surface area contributed by atoms with Gasteiger partial charge in [-0.15, -0.1) is 0 Å². The van der Waals surface area contributed by atoms with E-state index in [9.17, 15) is 4.79 Å². The zero-order valence-corrected chi connectivity index (χ0v) is 18.5. The van der Waals surface area contributed by atoms with Crippen LogP contribution >= 0.6 is 0 Å². The van der Waals surface area contributed by atoms with E-state index in [4.69, 9.17) is 15.2 Å². The van der Waals surface area contributed by atoms with E-state index in [1.54, 1.807) is 12.5 Å². The maximum absolute atomic E-state index is 11.9. The number of imidazole rings is 1. The molecule has 7 heteroatoms. The van der Waals surface area contributed by atoms with Crippen molar-refractivity contribution in [1.82, 2.24) is 14.9 Å². The first-order valence-corrected chi connectivity index (χ1v) is 11.4. The molecule has 0 bridgehead atoms. The Balaban J connectivity index is 2.12. The summed E-state index contributed by atoms with van der Waals surface area (Å²) in [6, 6.07) is -0.683. The molecule has 1 aromatic rings. The third kappa shape index (κ3) is 13.4. The lowest BCUT2D eigenvalue weighted by Gasteiger charge is -2.22. The number of carbonyl (C=O) groups excluding carboxylic acids is 1. The van der Waals surface area contributed by atoms with Crippen LogP contribution in [0.3, 0.4) is 0 Å². The smallest absolute Gasteiger partial charge is 0.323 e. The van der Waals surface area contributed by atoms with Crippen molar-refractivity contribution >= 4 is 5.97 Å². The highest BCUT2D eigenvalue weighted by Gasteiger charge is 2.16. The number of hydrogen-bond acceptors (Lipinski definition) is 6. The molecule has 0 saturated carbocycles. The topological polar surface area (TPSA) is 93.5 Å². The van der Waals surface area contributed by atoms with E-state index >= 15 is 0 Å². The molecule has 0 amide bonds. The lowest BCUT2D eigenvalue weighted by Crippen LogP contribution is -2.35. The Morgan fingerprint density at radius 2 is 1.72 bits per heavy atom. The predicted molar refractivity (Wildman–Crippen MR) is 117 cm³/mol. The molecule has 0 aliphatic carbocycles. The number of ether oxygens (including phenoxy) is 2. The van der Waals surface area contributed by atoms with Gasteiger partial charge in [0.25, 0.3) is 0 Å². The van der Waals surface area contributed by atoms with E-state index in [-0.39, 0.29) is 6.61 Å². The SMILES string of the molecule is CCCCCCN(CCCCCC)CCOCCOC(=O)C(N)Cc1cnc[nH]1. The van der Waals surface area contributed by atoms with Crippen molar-refractivity contribution in [3.63, 3.8) is 0 Å². The second kappa shape index (κ2) is 17.4. The molecule has 0 aliphatic rings. The molecule has 0 aromatic carbocycles. The summed E-state index contributed by atoms with van der Waals surface area (Å²) in [4.78, 5) is 21.3. The molecule has 29 heavy (non-hydrogen) atoms. The van der Waals surface area contributed by atoms with Crippen LogP contribution in [-0.2, 0) is 20.7 Å². The second-order valence-electron chi connectivity index (χ2n) is 7.63. The predicted octanol–water partition coefficient (Wildman–Crippen LogP) is 3.30. The van der Waals surface area contributed by atoms with Gasteiger partial charge in [0.15, 0.2) is 0 Å². The third-order valence-corrected chi connectivity index (χ3v) is 4.98. The minimum absolute atomic E-state index is 0.239. The number of H-pyrrole nitrogens is 1. The van der Waals surface area contributed by atoms with Gasteiger partial charge in [0, 0.05) is 24.9 Å². The highest BCUT2D eigenvalue weighted by atomic mass is 16.6. The molecule has 0 aliphatic heterocycles. The molecule has 168 valence electrons. The van der Waals surface area contributed by atoms with E-state index in [0.29, 0.717) is 19.6 Å². The largest absolute Gasteiger partial charge is 0.462 e. The maximum Gasteiger partial charge on any atom is 0.323 e. The Bertz CT molecular complexity index is 484. The van der Waals surface area contributed by atoms with Gasteiger partial charge in [0.1, 0.15) is 12.6 Å². The zero-order valence-electron chi connectivity index (χ0n) is 18.5. The van der Waals surface area contributed by atoms with Crippen molar-refractivity contribution in [2.24, 2.45) is 5.73 Å². The van der Waals surface area contributed by atoms with Crippen molar-refractivity contribution in [2.45, 2.75) is 77.7 Å². The molecular weight excluding hydrogens is 368 g/mol. The number of nitrogens with zero attached hydrogens (tertiary/aromatic N) is 2. The molecule has 1 rings (SSSR count). The van der Waals surface area contributed by atoms with Gasteiger partial charge < -0.3 is 25.1 Å². The summed E-state index contributed by atoms with van der Waals surface area (Å²) in [7, 11) is 0. The Labute approximate surface area is 176 Å². The van der Waals surface area contributed by atoms with Crippen LogP contribution in [0.15, 0.2) is 12.5 Å². The van der Waals surface area contributed by atoms with Crippen molar-refractivity contribution in [3.05, 3.63) is 18.2 Å². The fourth-order valence-corrected chi connectivity index (χ4v) is 3.18. The fourth-order valence-electron chi connectivity index (χ4n) is 3.18. The lowest BCUT2D eigenvalue weighted by atomic mass is 10.1. The number of unbranched alkanes of at least 4 members (excludes halogenated alkanes) is 6. The van der Waals surface area contributed by atoms with Gasteiger partial charge >= 0.3 is 5.97 Å². The van der Waals surface area contributed by atoms with E-state index in [2.05, 4.69) is 28.7 Å². The summed E-state index contributed by atoms with van der Waals surface area (Å²) in [6.07, 6.45) is 13.9. The number of aromatic amines is 1. The van der Waals surface area contributed by atoms with Crippen LogP contribution in [0.25, 0.3) is 0 Å². The highest BCUT2D eigenvalue weighted by molar-refractivity contribution is 5.75. The Morgan fingerprint density at radius 3 is 2.31 bits per heavy atom. The number of aromatic nitrogens is 2. The maximum atomic E-state index is 11.9. The van der Waals surface area contributed by atoms with Gasteiger partial charge in [-0.25, -0.2) is 4.98 Å². The van der Waals surface area contributed by atoms with Crippen LogP contribution in [0.5, 0.6) is 0 Å². The average molecular weight is 411 g/mol. The molecule has 0 radical (unpaired) electrons. The number of carbonyl (C=O) groups is 1. The monoisotopic (exact) mass is 410 g/mol. The number of nitrogens with two attached hydrogens (primary N) is 1. The van der Waals surface area contributed by atoms with Gasteiger partial charge in [-0.3, -0.25) is 4.79 Å². The number of nitrogens with one attached hydrogen (secondary N) is 1. The van der Waals surface area contributed by atoms with Gasteiger partial charge in [0.05, 0.1) is 19.5 Å². The van der Waals surface area contributed by atoms with Crippen molar-refractivity contribution < 1.29 is 14.3 Å². The van der Waals surface area contributed by atoms with Gasteiger partial charge in [-0.05, 0) is 25.9 Å². The van der Waals surface area contributed by atoms with Crippen LogP contribution in [0, 0.1) is 0 Å². The van der Waals surface area contributed by atoms with Crippen LogP contribution < -0.4 is 5.73 Å². The molecule has 1 heterocycles. The summed E-state index contributed by atoms with van der Waals surface area (Å²) in [5.74, 6) is -0.406. The van der Waals surface area contributed by atoms with Gasteiger partial charge in [-0.1, -0.05) is 52.4 Å². The van der Waals surface area contributed by atoms with Crippen molar-refractivity contribution in [3.8, 4) is 0 Å². The first-order valence-electron chi connectivity index (χ1n) is 11.4. The summed E-state index contributed by atoms with van der Waals surface area (Å²) in [6.45, 7) is 9.02. The van der Waals surface area contributed by atoms with Crippen molar-refractivity contribution in [2.75, 3.05) is 39.5 Å². The molecule has 3 N–H and O–H groups in total. The lowest BCUT2D eigenvalue weighted by molar-refractivity contribution is -0.146. The molecule has 1 unspecified atom stereocenters. The van der Waals surface area contributed by atoms with E-state index < -0.39 is 12.0 Å². The molecular formula is C22H42N4O3. The minimum Gasteiger partial charge on any atom is -0.462 e. The molecule has 7 nitrogen and oxygen atoms in total. The standard InChI is InChI=1S/C22H42N4O3/c1-3-5-7-9-11-26(12-10-8-6-4-2)13-14-28-15-16-29-22(27)21(23)17-20-18-24-19-25-20/h18-19,21H,3-17,23H2,1-2H3,(H,24,25). The molecule has 0 saturated heterocycles. The number of esters is 1. The van der Waals surface area contributed by atoms with E-state index in [1.165, 1.54) is 51.4 Å². The Hall–Kier alpha value is -1.44. The second-order valence-corrected chi connectivity index (χ2v) is 7.63. The van der Waals surface area contributed by atoms with E-state index in [1.807, 2.05) is 0 Å². The highest BCUT2D eigenvalue weighted by Crippen LogP contribution is 2.05. The molecule has 1 aromatic heterocycles. The van der Waals surface area contributed by atoms with Crippen molar-refractivity contribution in [1.29, 1.82) is 0 Å². The molecule has 1 atom stereocenters. The van der Waals surface area contributed by atoms with Crippen LogP contribution in [0.4, 0.5) is 0 Å².